The van der Waals surface area contributed by atoms with Gasteiger partial charge in [-0.15, -0.1) is 0 Å². The van der Waals surface area contributed by atoms with Crippen LogP contribution in [0.15, 0.2) is 18.2 Å². The van der Waals surface area contributed by atoms with Crippen LogP contribution >= 0.6 is 0 Å². The molecule has 3 heteroatoms. The molecule has 0 saturated carbocycles. The average molecular weight is 211 g/mol. The lowest BCUT2D eigenvalue weighted by molar-refractivity contribution is -0.119. The Labute approximate surface area is 90.5 Å². The average Bonchev–Trinajstić information content (AvgIpc) is 2.20. The van der Waals surface area contributed by atoms with Gasteiger partial charge in [-0.25, -0.2) is 4.39 Å². The summed E-state index contributed by atoms with van der Waals surface area (Å²) in [4.78, 5) is 10.6. The molecule has 0 aromatic heterocycles. The fourth-order valence-electron chi connectivity index (χ4n) is 1.10. The lowest BCUT2D eigenvalue weighted by atomic mass is 10.1. The molecule has 1 rings (SSSR count). The molecule has 0 aliphatic carbocycles. The molecule has 0 radical (unpaired) electrons. The second kappa shape index (κ2) is 6.98. The lowest BCUT2D eigenvalue weighted by Gasteiger charge is -2.06. The molecule has 0 aliphatic rings. The number of carbonyl (C=O) groups is 1. The topological polar surface area (TPSA) is 29.1 Å². The Kier molecular flexibility index (Phi) is 6.34. The van der Waals surface area contributed by atoms with Crippen LogP contribution in [0.3, 0.4) is 0 Å². The zero-order valence-electron chi connectivity index (χ0n) is 9.73. The molecule has 0 spiro atoms. The van der Waals surface area contributed by atoms with Gasteiger partial charge in [0.1, 0.15) is 5.82 Å². The number of hydrogen-bond acceptors (Lipinski definition) is 1. The first-order chi connectivity index (χ1) is 7.11. The maximum Gasteiger partial charge on any atom is 0.217 e. The Morgan fingerprint density at radius 3 is 2.47 bits per heavy atom. The number of nitrogens with one attached hydrogen (secondary N) is 1. The normalized spacial score (nSPS) is 8.87. The molecule has 0 saturated heterocycles. The summed E-state index contributed by atoms with van der Waals surface area (Å²) in [7, 11) is 0. The summed E-state index contributed by atoms with van der Waals surface area (Å²) < 4.78 is 13.1. The Morgan fingerprint density at radius 2 is 2.00 bits per heavy atom. The molecule has 15 heavy (non-hydrogen) atoms. The van der Waals surface area contributed by atoms with E-state index in [1.165, 1.54) is 13.0 Å². The van der Waals surface area contributed by atoms with Gasteiger partial charge in [0.2, 0.25) is 5.91 Å². The van der Waals surface area contributed by atoms with E-state index in [-0.39, 0.29) is 18.3 Å². The summed E-state index contributed by atoms with van der Waals surface area (Å²) in [6.45, 7) is 7.49. The van der Waals surface area contributed by atoms with Crippen molar-refractivity contribution >= 4 is 5.91 Å². The molecule has 1 amide bonds. The molecule has 1 aromatic carbocycles. The summed E-state index contributed by atoms with van der Waals surface area (Å²) in [6, 6.07) is 4.87. The number of carbonyl (C=O) groups excluding carboxylic acids is 1. The minimum Gasteiger partial charge on any atom is -0.352 e. The first-order valence-corrected chi connectivity index (χ1v) is 5.09. The predicted molar refractivity (Wildman–Crippen MR) is 60.0 cm³/mol. The van der Waals surface area contributed by atoms with Crippen molar-refractivity contribution in [2.24, 2.45) is 0 Å². The highest BCUT2D eigenvalue weighted by Crippen LogP contribution is 2.11. The maximum atomic E-state index is 13.1. The van der Waals surface area contributed by atoms with Gasteiger partial charge in [-0.2, -0.15) is 0 Å². The molecule has 0 bridgehead atoms. The van der Waals surface area contributed by atoms with E-state index < -0.39 is 0 Å². The largest absolute Gasteiger partial charge is 0.352 e. The van der Waals surface area contributed by atoms with Crippen LogP contribution in [-0.4, -0.2) is 5.91 Å². The van der Waals surface area contributed by atoms with Crippen LogP contribution in [0.5, 0.6) is 0 Å². The van der Waals surface area contributed by atoms with Crippen molar-refractivity contribution in [3.8, 4) is 0 Å². The van der Waals surface area contributed by atoms with Crippen molar-refractivity contribution in [3.63, 3.8) is 0 Å². The van der Waals surface area contributed by atoms with Gasteiger partial charge < -0.3 is 5.32 Å². The Morgan fingerprint density at radius 1 is 1.40 bits per heavy atom. The standard InChI is InChI=1S/C10H12FNO.C2H6/c1-7-4-3-5-10(11)9(7)6-12-8(2)13;1-2/h3-5H,6H2,1-2H3,(H,12,13);1-2H3. The number of hydrogen-bond donors (Lipinski definition) is 1. The fraction of sp³-hybridized carbons (Fsp3) is 0.417. The van der Waals surface area contributed by atoms with Gasteiger partial charge in [0, 0.05) is 19.0 Å². The summed E-state index contributed by atoms with van der Waals surface area (Å²) in [5.74, 6) is -0.420. The highest BCUT2D eigenvalue weighted by molar-refractivity contribution is 5.72. The van der Waals surface area contributed by atoms with Gasteiger partial charge >= 0.3 is 0 Å². The maximum absolute atomic E-state index is 13.1. The van der Waals surface area contributed by atoms with Crippen molar-refractivity contribution in [1.29, 1.82) is 0 Å². The molecule has 0 aliphatic heterocycles. The third kappa shape index (κ3) is 4.58. The zero-order chi connectivity index (χ0) is 11.8. The van der Waals surface area contributed by atoms with Gasteiger partial charge in [-0.1, -0.05) is 26.0 Å². The molecule has 1 aromatic rings. The Balaban J connectivity index is 0.000000921. The Hall–Kier alpha value is -1.38. The molecule has 0 unspecified atom stereocenters. The van der Waals surface area contributed by atoms with Crippen LogP contribution in [0.25, 0.3) is 0 Å². The van der Waals surface area contributed by atoms with Gasteiger partial charge in [-0.05, 0) is 18.6 Å². The van der Waals surface area contributed by atoms with E-state index in [4.69, 9.17) is 0 Å². The third-order valence-electron chi connectivity index (χ3n) is 1.87. The van der Waals surface area contributed by atoms with E-state index in [0.717, 1.165) is 5.56 Å². The predicted octanol–water partition coefficient (Wildman–Crippen LogP) is 2.80. The minimum atomic E-state index is -0.270. The zero-order valence-corrected chi connectivity index (χ0v) is 9.73. The first-order valence-electron chi connectivity index (χ1n) is 5.09. The van der Waals surface area contributed by atoms with Gasteiger partial charge in [-0.3, -0.25) is 4.79 Å². The summed E-state index contributed by atoms with van der Waals surface area (Å²) in [5, 5.41) is 2.56. The monoisotopic (exact) mass is 211 g/mol. The molecule has 0 atom stereocenters. The second-order valence-electron chi connectivity index (χ2n) is 2.95. The summed E-state index contributed by atoms with van der Waals surface area (Å²) in [5.41, 5.74) is 1.41. The van der Waals surface area contributed by atoms with Crippen molar-refractivity contribution < 1.29 is 9.18 Å². The van der Waals surface area contributed by atoms with E-state index in [1.54, 1.807) is 6.07 Å². The van der Waals surface area contributed by atoms with Crippen molar-refractivity contribution in [3.05, 3.63) is 35.1 Å². The smallest absolute Gasteiger partial charge is 0.217 e. The van der Waals surface area contributed by atoms with Gasteiger partial charge in [0.15, 0.2) is 0 Å². The quantitative estimate of drug-likeness (QED) is 0.800. The molecule has 1 N–H and O–H groups in total. The Bertz CT molecular complexity index is 303. The van der Waals surface area contributed by atoms with E-state index >= 15 is 0 Å². The highest BCUT2D eigenvalue weighted by Gasteiger charge is 2.04. The molecule has 0 heterocycles. The van der Waals surface area contributed by atoms with Gasteiger partial charge in [0.05, 0.1) is 0 Å². The number of benzene rings is 1. The third-order valence-corrected chi connectivity index (χ3v) is 1.87. The van der Waals surface area contributed by atoms with E-state index in [0.29, 0.717) is 5.56 Å². The lowest BCUT2D eigenvalue weighted by Crippen LogP contribution is -2.20. The van der Waals surface area contributed by atoms with Crippen LogP contribution in [0.1, 0.15) is 31.9 Å². The summed E-state index contributed by atoms with van der Waals surface area (Å²) >= 11 is 0. The highest BCUT2D eigenvalue weighted by atomic mass is 19.1. The van der Waals surface area contributed by atoms with E-state index in [2.05, 4.69) is 5.32 Å². The molecular formula is C12H18FNO. The van der Waals surface area contributed by atoms with E-state index in [1.807, 2.05) is 26.8 Å². The molecule has 84 valence electrons. The number of rotatable bonds is 2. The van der Waals surface area contributed by atoms with E-state index in [9.17, 15) is 9.18 Å². The van der Waals surface area contributed by atoms with Crippen molar-refractivity contribution in [1.82, 2.24) is 5.32 Å². The van der Waals surface area contributed by atoms with Crippen molar-refractivity contribution in [2.75, 3.05) is 0 Å². The second-order valence-corrected chi connectivity index (χ2v) is 2.95. The SMILES string of the molecule is CC.CC(=O)NCc1c(C)cccc1F. The molecule has 0 fully saturated rings. The first kappa shape index (κ1) is 13.6. The van der Waals surface area contributed by atoms with Gasteiger partial charge in [0.25, 0.3) is 0 Å². The fourth-order valence-corrected chi connectivity index (χ4v) is 1.10. The van der Waals surface area contributed by atoms with Crippen LogP contribution in [0, 0.1) is 12.7 Å². The van der Waals surface area contributed by atoms with Crippen LogP contribution in [0.2, 0.25) is 0 Å². The number of halogens is 1. The van der Waals surface area contributed by atoms with Crippen LogP contribution in [0.4, 0.5) is 4.39 Å². The minimum absolute atomic E-state index is 0.150. The summed E-state index contributed by atoms with van der Waals surface area (Å²) in [6.07, 6.45) is 0. The number of aryl methyl sites for hydroxylation is 1. The molecular weight excluding hydrogens is 193 g/mol. The van der Waals surface area contributed by atoms with Crippen LogP contribution < -0.4 is 5.32 Å². The molecule has 2 nitrogen and oxygen atoms in total. The van der Waals surface area contributed by atoms with Crippen LogP contribution in [-0.2, 0) is 11.3 Å². The number of amides is 1. The van der Waals surface area contributed by atoms with Crippen molar-refractivity contribution in [2.45, 2.75) is 34.2 Å².